The number of aliphatic hydroxyl groups is 5. The van der Waals surface area contributed by atoms with Crippen LogP contribution in [0.1, 0.15) is 18.6 Å². The van der Waals surface area contributed by atoms with Gasteiger partial charge in [-0.15, -0.1) is 6.42 Å². The molecule has 246 valence electrons. The Morgan fingerprint density at radius 1 is 1.27 bits per heavy atom. The fourth-order valence-corrected chi connectivity index (χ4v) is 7.93. The number of hydrogen-bond acceptors (Lipinski definition) is 17. The second-order valence-electron chi connectivity index (χ2n) is 9.96. The van der Waals surface area contributed by atoms with Gasteiger partial charge in [-0.3, -0.25) is 4.52 Å². The van der Waals surface area contributed by atoms with Crippen LogP contribution in [0.25, 0.3) is 5.65 Å². The highest BCUT2D eigenvalue weighted by molar-refractivity contribution is 8.08. The maximum atomic E-state index is 14.0. The molecule has 12 atom stereocenters. The minimum atomic E-state index is -5.54. The first kappa shape index (κ1) is 35.1. The van der Waals surface area contributed by atoms with E-state index in [0.29, 0.717) is 0 Å². The summed E-state index contributed by atoms with van der Waals surface area (Å²) >= 11 is 4.81. The molecule has 0 bridgehead atoms. The lowest BCUT2D eigenvalue weighted by Crippen LogP contribution is -2.60. The molecular formula is C21H30FN5O14P2S. The maximum Gasteiger partial charge on any atom is 0.481 e. The summed E-state index contributed by atoms with van der Waals surface area (Å²) in [4.78, 5) is 28.7. The number of ether oxygens (including phenoxy) is 3. The van der Waals surface area contributed by atoms with Gasteiger partial charge in [0.15, 0.2) is 23.7 Å². The summed E-state index contributed by atoms with van der Waals surface area (Å²) in [7, 11) is -4.34. The van der Waals surface area contributed by atoms with Crippen LogP contribution < -0.4 is 5.73 Å². The van der Waals surface area contributed by atoms with Gasteiger partial charge in [0, 0.05) is 12.7 Å². The van der Waals surface area contributed by atoms with Crippen LogP contribution in [-0.2, 0) is 43.9 Å². The molecule has 19 nitrogen and oxygen atoms in total. The van der Waals surface area contributed by atoms with E-state index in [1.54, 1.807) is 0 Å². The summed E-state index contributed by atoms with van der Waals surface area (Å²) in [5.74, 6) is 2.34. The number of nitrogens with two attached hydrogens (primary N) is 1. The van der Waals surface area contributed by atoms with E-state index in [9.17, 15) is 39.2 Å². The molecule has 9 N–H and O–H groups in total. The molecule has 2 aromatic heterocycles. The Morgan fingerprint density at radius 2 is 1.95 bits per heavy atom. The van der Waals surface area contributed by atoms with Crippen molar-refractivity contribution in [3.8, 4) is 12.3 Å². The number of aliphatic hydroxyl groups excluding tert-OH is 5. The van der Waals surface area contributed by atoms with Crippen LogP contribution in [0, 0.1) is 12.3 Å². The molecule has 0 radical (unpaired) electrons. The molecule has 2 aliphatic heterocycles. The van der Waals surface area contributed by atoms with Gasteiger partial charge in [0.25, 0.3) is 0 Å². The topological polar surface area (TPSA) is 283 Å². The SMILES string of the molecule is C#C[C@]1(OC)[C@H](c2cnn3c(N)ncnc23)O[C@](C)(COP(O)(=S)OP(=O)(O)OC2OC([C@@H](F)CO)C(O)C(O)C2O)[C@H]1O. The number of terminal acetylenes is 1. The first-order chi connectivity index (χ1) is 20.5. The highest BCUT2D eigenvalue weighted by Gasteiger charge is 2.63. The van der Waals surface area contributed by atoms with Crippen molar-refractivity contribution in [2.75, 3.05) is 26.1 Å². The van der Waals surface area contributed by atoms with Gasteiger partial charge in [0.05, 0.1) is 19.4 Å². The van der Waals surface area contributed by atoms with Crippen LogP contribution in [0.3, 0.4) is 0 Å². The average Bonchev–Trinajstić information content (AvgIpc) is 3.49. The number of hydrogen-bond donors (Lipinski definition) is 8. The molecular weight excluding hydrogens is 659 g/mol. The molecule has 44 heavy (non-hydrogen) atoms. The Hall–Kier alpha value is -1.80. The van der Waals surface area contributed by atoms with E-state index in [0.717, 1.165) is 6.33 Å². The predicted octanol–water partition coefficient (Wildman–Crippen LogP) is -2.58. The summed E-state index contributed by atoms with van der Waals surface area (Å²) in [5.41, 5.74) is 2.48. The van der Waals surface area contributed by atoms with Crippen molar-refractivity contribution < 1.29 is 71.8 Å². The molecule has 2 aliphatic rings. The number of aromatic nitrogens is 4. The summed E-state index contributed by atoms with van der Waals surface area (Å²) in [6, 6.07) is 0. The van der Waals surface area contributed by atoms with E-state index in [1.165, 1.54) is 24.7 Å². The van der Waals surface area contributed by atoms with Gasteiger partial charge in [0.2, 0.25) is 5.95 Å². The first-order valence-electron chi connectivity index (χ1n) is 12.4. The monoisotopic (exact) mass is 689 g/mol. The van der Waals surface area contributed by atoms with Gasteiger partial charge >= 0.3 is 14.5 Å². The van der Waals surface area contributed by atoms with E-state index < -0.39 is 88.0 Å². The predicted molar refractivity (Wildman–Crippen MR) is 145 cm³/mol. The van der Waals surface area contributed by atoms with Crippen molar-refractivity contribution in [2.45, 2.75) is 67.2 Å². The number of nitrogens with zero attached hydrogens (tertiary/aromatic N) is 4. The number of fused-ring (bicyclic) bond motifs is 1. The number of phosphoric ester groups is 1. The number of phosphoric acid groups is 1. The number of anilines is 1. The van der Waals surface area contributed by atoms with Gasteiger partial charge in [-0.25, -0.2) is 23.2 Å². The maximum absolute atomic E-state index is 14.0. The fourth-order valence-electron chi connectivity index (χ4n) is 4.77. The van der Waals surface area contributed by atoms with Crippen molar-refractivity contribution >= 4 is 37.9 Å². The lowest BCUT2D eigenvalue weighted by molar-refractivity contribution is -0.287. The van der Waals surface area contributed by atoms with Gasteiger partial charge in [0.1, 0.15) is 48.6 Å². The van der Waals surface area contributed by atoms with Gasteiger partial charge in [-0.1, -0.05) is 5.92 Å². The largest absolute Gasteiger partial charge is 0.481 e. The quantitative estimate of drug-likeness (QED) is 0.0888. The zero-order chi connectivity index (χ0) is 32.8. The molecule has 0 aliphatic carbocycles. The summed E-state index contributed by atoms with van der Waals surface area (Å²) in [6.07, 6.45) is -7.71. The second kappa shape index (κ2) is 12.8. The van der Waals surface area contributed by atoms with Crippen LogP contribution in [0.5, 0.6) is 0 Å². The number of methoxy groups -OCH3 is 1. The zero-order valence-electron chi connectivity index (χ0n) is 22.8. The number of nitrogen functional groups attached to an aromatic ring is 1. The highest BCUT2D eigenvalue weighted by atomic mass is 32.5. The van der Waals surface area contributed by atoms with Crippen molar-refractivity contribution in [3.63, 3.8) is 0 Å². The molecule has 2 aromatic rings. The third-order valence-electron chi connectivity index (χ3n) is 7.06. The van der Waals surface area contributed by atoms with Crippen LogP contribution >= 0.6 is 14.5 Å². The third-order valence-corrected chi connectivity index (χ3v) is 10.6. The van der Waals surface area contributed by atoms with Gasteiger partial charge < -0.3 is 59.8 Å². The van der Waals surface area contributed by atoms with Crippen LogP contribution in [0.2, 0.25) is 0 Å². The van der Waals surface area contributed by atoms with E-state index in [2.05, 4.69) is 29.8 Å². The van der Waals surface area contributed by atoms with Crippen molar-refractivity contribution in [1.29, 1.82) is 0 Å². The minimum absolute atomic E-state index is 0.0198. The molecule has 4 heterocycles. The first-order valence-corrected chi connectivity index (χ1v) is 16.5. The van der Waals surface area contributed by atoms with E-state index >= 15 is 0 Å². The molecule has 0 aromatic carbocycles. The molecule has 23 heteroatoms. The van der Waals surface area contributed by atoms with E-state index in [-0.39, 0.29) is 17.2 Å². The zero-order valence-corrected chi connectivity index (χ0v) is 25.4. The molecule has 7 unspecified atom stereocenters. The fraction of sp³-hybridized carbons (Fsp3) is 0.667. The van der Waals surface area contributed by atoms with Crippen molar-refractivity contribution in [3.05, 3.63) is 18.1 Å². The van der Waals surface area contributed by atoms with Crippen molar-refractivity contribution in [1.82, 2.24) is 19.6 Å². The summed E-state index contributed by atoms with van der Waals surface area (Å²) in [5, 5.41) is 54.4. The van der Waals surface area contributed by atoms with Gasteiger partial charge in [-0.05, 0) is 18.7 Å². The van der Waals surface area contributed by atoms with Crippen LogP contribution in [-0.4, -0.2) is 129 Å². The summed E-state index contributed by atoms with van der Waals surface area (Å²) in [6.45, 7) is -5.47. The number of halogens is 1. The standard InChI is InChI=1S/C21H30FN5O14P2S/c1-4-21(36-3)15(9-5-26-27-16(9)24-8-25-19(27)23)39-20(2,18(21)32)7-37-43(35,44)41-42(33,34)40-17-13(31)11(29)12(30)14(38-17)10(22)6-28/h1,5,8,10-15,17-18,28-32H,6-7H2,2-3H3,(H,33,34)(H,35,44)(H2,23,24,25)/t10-,11?,12?,13?,14?,15-,17?,18+,20+,21-,43?/m0/s1. The molecule has 2 saturated heterocycles. The Balaban J connectivity index is 1.50. The number of rotatable bonds is 11. The van der Waals surface area contributed by atoms with Crippen LogP contribution in [0.4, 0.5) is 10.3 Å². The minimum Gasteiger partial charge on any atom is -0.393 e. The third kappa shape index (κ3) is 6.41. The Morgan fingerprint density at radius 3 is 2.57 bits per heavy atom. The highest BCUT2D eigenvalue weighted by Crippen LogP contribution is 2.62. The number of alkyl halides is 1. The smallest absolute Gasteiger partial charge is 0.393 e. The lowest BCUT2D eigenvalue weighted by atomic mass is 9.84. The van der Waals surface area contributed by atoms with Gasteiger partial charge in [-0.2, -0.15) is 9.61 Å². The van der Waals surface area contributed by atoms with Crippen LogP contribution in [0.15, 0.2) is 12.5 Å². The lowest BCUT2D eigenvalue weighted by Gasteiger charge is -2.41. The second-order valence-corrected chi connectivity index (χ2v) is 14.3. The Labute approximate surface area is 253 Å². The normalized spacial score (nSPS) is 37.7. The van der Waals surface area contributed by atoms with Crippen molar-refractivity contribution in [2.24, 2.45) is 0 Å². The van der Waals surface area contributed by atoms with E-state index in [4.69, 9.17) is 47.8 Å². The molecule has 2 fully saturated rings. The average molecular weight is 690 g/mol. The molecule has 0 saturated carbocycles. The molecule has 4 rings (SSSR count). The Bertz CT molecular complexity index is 1500. The Kier molecular flexibility index (Phi) is 10.2. The molecule has 0 spiro atoms. The summed E-state index contributed by atoms with van der Waals surface area (Å²) < 4.78 is 58.7. The molecule has 0 amide bonds. The van der Waals surface area contributed by atoms with E-state index in [1.807, 2.05) is 0 Å².